The quantitative estimate of drug-likeness (QED) is 0.196. The zero-order chi connectivity index (χ0) is 25.2. The van der Waals surface area contributed by atoms with Crippen molar-refractivity contribution in [3.05, 3.63) is 144 Å². The van der Waals surface area contributed by atoms with Crippen LogP contribution in [-0.4, -0.2) is 15.7 Å². The van der Waals surface area contributed by atoms with Gasteiger partial charge in [-0.25, -0.2) is 5.48 Å². The second kappa shape index (κ2) is 9.76. The van der Waals surface area contributed by atoms with Crippen molar-refractivity contribution in [1.29, 1.82) is 0 Å². The maximum absolute atomic E-state index is 13.3. The average Bonchev–Trinajstić information content (AvgIpc) is 3.27. The van der Waals surface area contributed by atoms with Crippen molar-refractivity contribution >= 4 is 27.6 Å². The molecule has 0 bridgehead atoms. The third-order valence-electron chi connectivity index (χ3n) is 7.01. The molecule has 6 rings (SSSR count). The van der Waals surface area contributed by atoms with Crippen LogP contribution in [0.25, 0.3) is 32.9 Å². The van der Waals surface area contributed by atoms with Crippen LogP contribution in [0.3, 0.4) is 0 Å². The normalized spacial score (nSPS) is 12.0. The Labute approximate surface area is 215 Å². The minimum absolute atomic E-state index is 0.462. The van der Waals surface area contributed by atoms with Gasteiger partial charge in [0, 0.05) is 23.0 Å². The van der Waals surface area contributed by atoms with E-state index in [-0.39, 0.29) is 0 Å². The van der Waals surface area contributed by atoms with Crippen LogP contribution in [0.1, 0.15) is 22.6 Å². The van der Waals surface area contributed by atoms with E-state index in [9.17, 15) is 10.0 Å². The number of nitrogens with one attached hydrogen (secondary N) is 1. The molecule has 0 fully saturated rings. The van der Waals surface area contributed by atoms with Crippen molar-refractivity contribution in [3.8, 4) is 11.3 Å². The second-order valence-corrected chi connectivity index (χ2v) is 9.23. The summed E-state index contributed by atoms with van der Waals surface area (Å²) in [5.74, 6) is -1.16. The second-order valence-electron chi connectivity index (χ2n) is 9.23. The zero-order valence-corrected chi connectivity index (χ0v) is 20.2. The molecule has 0 aliphatic carbocycles. The Balaban J connectivity index is 1.70. The lowest BCUT2D eigenvalue weighted by Crippen LogP contribution is -2.27. The fourth-order valence-electron chi connectivity index (χ4n) is 5.36. The predicted octanol–water partition coefficient (Wildman–Crippen LogP) is 7.15. The van der Waals surface area contributed by atoms with Gasteiger partial charge in [-0.05, 0) is 39.6 Å². The number of benzene rings is 5. The monoisotopic (exact) mass is 482 g/mol. The summed E-state index contributed by atoms with van der Waals surface area (Å²) in [7, 11) is 0. The number of carbonyl (C=O) groups excluding carboxylic acids is 1. The lowest BCUT2D eigenvalue weighted by Gasteiger charge is -2.19. The van der Waals surface area contributed by atoms with Gasteiger partial charge in [0.1, 0.15) is 0 Å². The molecular weight excluding hydrogens is 456 g/mol. The zero-order valence-electron chi connectivity index (χ0n) is 20.2. The number of hydroxylamine groups is 1. The Bertz CT molecular complexity index is 1710. The van der Waals surface area contributed by atoms with E-state index in [1.807, 2.05) is 78.3 Å². The highest BCUT2D eigenvalue weighted by atomic mass is 16.5. The number of aromatic nitrogens is 1. The van der Waals surface area contributed by atoms with Gasteiger partial charge in [0.2, 0.25) is 0 Å². The third kappa shape index (κ3) is 4.18. The van der Waals surface area contributed by atoms with Crippen molar-refractivity contribution in [2.24, 2.45) is 0 Å². The highest BCUT2D eigenvalue weighted by molar-refractivity contribution is 6.01. The number of fused-ring (bicyclic) bond motifs is 2. The SMILES string of the molecule is O=C(NO)C(c1ccccc1)c1c(-c2ccc3ccccc3c2)n(Cc2ccccc2)c2ccccc12. The summed E-state index contributed by atoms with van der Waals surface area (Å²) in [5, 5.41) is 13.1. The smallest absolute Gasteiger partial charge is 0.255 e. The van der Waals surface area contributed by atoms with Gasteiger partial charge in [-0.15, -0.1) is 0 Å². The number of carbonyl (C=O) groups is 1. The summed E-state index contributed by atoms with van der Waals surface area (Å²) in [6, 6.07) is 42.9. The Kier molecular flexibility index (Phi) is 6.01. The summed E-state index contributed by atoms with van der Waals surface area (Å²) in [6.45, 7) is 0.645. The van der Waals surface area contributed by atoms with Crippen LogP contribution >= 0.6 is 0 Å². The molecule has 0 radical (unpaired) electrons. The molecule has 0 aliphatic rings. The summed E-state index contributed by atoms with van der Waals surface area (Å²) < 4.78 is 2.30. The number of para-hydroxylation sites is 1. The molecule has 5 aromatic carbocycles. The van der Waals surface area contributed by atoms with Gasteiger partial charge >= 0.3 is 0 Å². The standard InChI is InChI=1S/C33H26N2O2/c36-33(34-37)30(25-14-5-2-6-15-25)31-28-17-9-10-18-29(28)35(22-23-11-3-1-4-12-23)32(31)27-20-19-24-13-7-8-16-26(24)21-27/h1-21,30,37H,22H2,(H,34,36). The molecule has 37 heavy (non-hydrogen) atoms. The van der Waals surface area contributed by atoms with Crippen molar-refractivity contribution in [3.63, 3.8) is 0 Å². The predicted molar refractivity (Wildman–Crippen MR) is 149 cm³/mol. The van der Waals surface area contributed by atoms with Gasteiger partial charge in [0.25, 0.3) is 5.91 Å². The summed E-state index contributed by atoms with van der Waals surface area (Å²) >= 11 is 0. The first-order valence-electron chi connectivity index (χ1n) is 12.4. The number of nitrogens with zero attached hydrogens (tertiary/aromatic N) is 1. The van der Waals surface area contributed by atoms with Crippen molar-refractivity contribution in [2.75, 3.05) is 0 Å². The molecule has 1 unspecified atom stereocenters. The van der Waals surface area contributed by atoms with Crippen LogP contribution in [0.2, 0.25) is 0 Å². The summed E-state index contributed by atoms with van der Waals surface area (Å²) in [5.41, 5.74) is 7.83. The van der Waals surface area contributed by atoms with Crippen LogP contribution < -0.4 is 5.48 Å². The first-order chi connectivity index (χ1) is 18.2. The van der Waals surface area contributed by atoms with Crippen LogP contribution in [0, 0.1) is 0 Å². The number of hydrogen-bond donors (Lipinski definition) is 2. The van der Waals surface area contributed by atoms with Crippen LogP contribution in [0.4, 0.5) is 0 Å². The Morgan fingerprint density at radius 2 is 1.38 bits per heavy atom. The van der Waals surface area contributed by atoms with Crippen molar-refractivity contribution in [2.45, 2.75) is 12.5 Å². The molecule has 1 heterocycles. The molecule has 0 aliphatic heterocycles. The van der Waals surface area contributed by atoms with Gasteiger partial charge in [-0.2, -0.15) is 0 Å². The van der Waals surface area contributed by atoms with E-state index in [0.29, 0.717) is 6.54 Å². The maximum Gasteiger partial charge on any atom is 0.255 e. The van der Waals surface area contributed by atoms with Crippen molar-refractivity contribution < 1.29 is 10.0 Å². The van der Waals surface area contributed by atoms with E-state index >= 15 is 0 Å². The Hall–Kier alpha value is -4.67. The maximum atomic E-state index is 13.3. The van der Waals surface area contributed by atoms with Crippen molar-refractivity contribution in [1.82, 2.24) is 10.0 Å². The highest BCUT2D eigenvalue weighted by Crippen LogP contribution is 2.42. The number of hydrogen-bond acceptors (Lipinski definition) is 2. The minimum atomic E-state index is -0.699. The molecule has 6 aromatic rings. The summed E-state index contributed by atoms with van der Waals surface area (Å²) in [6.07, 6.45) is 0. The fraction of sp³-hybridized carbons (Fsp3) is 0.0606. The van der Waals surface area contributed by atoms with Crippen LogP contribution in [0.15, 0.2) is 127 Å². The molecule has 1 aromatic heterocycles. The minimum Gasteiger partial charge on any atom is -0.336 e. The molecule has 4 nitrogen and oxygen atoms in total. The van der Waals surface area contributed by atoms with E-state index in [1.54, 1.807) is 0 Å². The topological polar surface area (TPSA) is 54.3 Å². The van der Waals surface area contributed by atoms with E-state index in [2.05, 4.69) is 59.2 Å². The summed E-state index contributed by atoms with van der Waals surface area (Å²) in [4.78, 5) is 13.3. The van der Waals surface area contributed by atoms with Gasteiger partial charge < -0.3 is 4.57 Å². The van der Waals surface area contributed by atoms with E-state index in [1.165, 1.54) is 5.56 Å². The molecule has 4 heteroatoms. The Morgan fingerprint density at radius 1 is 0.730 bits per heavy atom. The lowest BCUT2D eigenvalue weighted by atomic mass is 9.86. The molecule has 1 amide bonds. The Morgan fingerprint density at radius 3 is 2.14 bits per heavy atom. The fourth-order valence-corrected chi connectivity index (χ4v) is 5.36. The largest absolute Gasteiger partial charge is 0.336 e. The van der Waals surface area contributed by atoms with Gasteiger partial charge in [0.15, 0.2) is 0 Å². The number of amides is 1. The van der Waals surface area contributed by atoms with E-state index < -0.39 is 11.8 Å². The average molecular weight is 483 g/mol. The molecule has 180 valence electrons. The molecule has 1 atom stereocenters. The third-order valence-corrected chi connectivity index (χ3v) is 7.01. The highest BCUT2D eigenvalue weighted by Gasteiger charge is 2.31. The molecule has 2 N–H and O–H groups in total. The van der Waals surface area contributed by atoms with Gasteiger partial charge in [0.05, 0.1) is 11.6 Å². The lowest BCUT2D eigenvalue weighted by molar-refractivity contribution is -0.129. The molecule has 0 saturated carbocycles. The van der Waals surface area contributed by atoms with Gasteiger partial charge in [-0.1, -0.05) is 115 Å². The van der Waals surface area contributed by atoms with E-state index in [0.717, 1.165) is 44.1 Å². The van der Waals surface area contributed by atoms with E-state index in [4.69, 9.17) is 0 Å². The van der Waals surface area contributed by atoms with Crippen LogP contribution in [-0.2, 0) is 11.3 Å². The van der Waals surface area contributed by atoms with Crippen LogP contribution in [0.5, 0.6) is 0 Å². The van der Waals surface area contributed by atoms with Gasteiger partial charge in [-0.3, -0.25) is 10.0 Å². The first kappa shape index (κ1) is 22.8. The molecular formula is C33H26N2O2. The first-order valence-corrected chi connectivity index (χ1v) is 12.4. The number of rotatable bonds is 6. The molecule has 0 saturated heterocycles. The molecule has 0 spiro atoms.